The average Bonchev–Trinajstić information content (AvgIpc) is 2.80. The Balaban J connectivity index is 0.00000264. The number of likely N-dealkylation sites (tertiary alicyclic amines) is 1. The maximum Gasteiger partial charge on any atom is 0.257 e. The summed E-state index contributed by atoms with van der Waals surface area (Å²) in [4.78, 5) is 14.8. The van der Waals surface area contributed by atoms with Gasteiger partial charge in [-0.25, -0.2) is 0 Å². The first-order valence-corrected chi connectivity index (χ1v) is 8.62. The molecular formula is C17H31ClN4O. The molecule has 1 aromatic heterocycles. The smallest absolute Gasteiger partial charge is 0.257 e. The summed E-state index contributed by atoms with van der Waals surface area (Å²) in [6.07, 6.45) is 3.23. The van der Waals surface area contributed by atoms with Gasteiger partial charge in [0.15, 0.2) is 0 Å². The number of halogens is 1. The van der Waals surface area contributed by atoms with Crippen LogP contribution in [0.2, 0.25) is 0 Å². The minimum absolute atomic E-state index is 0. The molecule has 6 heteroatoms. The Labute approximate surface area is 146 Å². The van der Waals surface area contributed by atoms with E-state index in [4.69, 9.17) is 0 Å². The van der Waals surface area contributed by atoms with Crippen molar-refractivity contribution in [2.24, 2.45) is 5.92 Å². The molecule has 1 fully saturated rings. The van der Waals surface area contributed by atoms with Gasteiger partial charge < -0.3 is 10.2 Å². The van der Waals surface area contributed by atoms with Gasteiger partial charge in [0.1, 0.15) is 0 Å². The summed E-state index contributed by atoms with van der Waals surface area (Å²) in [5.74, 6) is 0.869. The van der Waals surface area contributed by atoms with Gasteiger partial charge in [-0.05, 0) is 52.1 Å². The Morgan fingerprint density at radius 3 is 2.48 bits per heavy atom. The van der Waals surface area contributed by atoms with Crippen LogP contribution in [0.1, 0.15) is 54.9 Å². The van der Waals surface area contributed by atoms with Gasteiger partial charge >= 0.3 is 0 Å². The van der Waals surface area contributed by atoms with Crippen LogP contribution in [0.15, 0.2) is 0 Å². The van der Waals surface area contributed by atoms with Gasteiger partial charge in [-0.1, -0.05) is 13.8 Å². The third kappa shape index (κ3) is 4.70. The van der Waals surface area contributed by atoms with Gasteiger partial charge in [-0.15, -0.1) is 12.4 Å². The van der Waals surface area contributed by atoms with Crippen molar-refractivity contribution in [3.63, 3.8) is 0 Å². The zero-order chi connectivity index (χ0) is 16.1. The number of rotatable bonds is 6. The largest absolute Gasteiger partial charge is 0.339 e. The highest BCUT2D eigenvalue weighted by Gasteiger charge is 2.27. The lowest BCUT2D eigenvalue weighted by Gasteiger charge is -2.32. The Morgan fingerprint density at radius 2 is 1.91 bits per heavy atom. The second-order valence-corrected chi connectivity index (χ2v) is 6.31. The molecule has 2 rings (SSSR count). The highest BCUT2D eigenvalue weighted by atomic mass is 35.5. The lowest BCUT2D eigenvalue weighted by Crippen LogP contribution is -2.41. The zero-order valence-corrected chi connectivity index (χ0v) is 15.7. The van der Waals surface area contributed by atoms with Crippen LogP contribution in [0, 0.1) is 19.8 Å². The lowest BCUT2D eigenvalue weighted by atomic mass is 9.96. The first-order valence-electron chi connectivity index (χ1n) is 8.62. The molecule has 1 N–H and O–H groups in total. The number of nitrogens with one attached hydrogen (secondary N) is 1. The van der Waals surface area contributed by atoms with E-state index in [9.17, 15) is 4.79 Å². The molecule has 0 atom stereocenters. The molecule has 0 aromatic carbocycles. The third-order valence-corrected chi connectivity index (χ3v) is 4.62. The summed E-state index contributed by atoms with van der Waals surface area (Å²) in [5.41, 5.74) is 2.70. The van der Waals surface area contributed by atoms with Crippen molar-refractivity contribution in [1.29, 1.82) is 0 Å². The molecule has 5 nitrogen and oxygen atoms in total. The number of piperidine rings is 1. The second-order valence-electron chi connectivity index (χ2n) is 6.31. The van der Waals surface area contributed by atoms with Gasteiger partial charge in [-0.2, -0.15) is 5.10 Å². The number of hydrogen-bond donors (Lipinski definition) is 1. The average molecular weight is 343 g/mol. The molecule has 23 heavy (non-hydrogen) atoms. The predicted octanol–water partition coefficient (Wildman–Crippen LogP) is 2.79. The maximum atomic E-state index is 12.8. The summed E-state index contributed by atoms with van der Waals surface area (Å²) in [7, 11) is 0. The number of nitrogens with zero attached hydrogens (tertiary/aromatic N) is 3. The zero-order valence-electron chi connectivity index (χ0n) is 14.9. The number of aromatic nitrogens is 2. The van der Waals surface area contributed by atoms with E-state index in [2.05, 4.69) is 24.3 Å². The Hall–Kier alpha value is -1.07. The van der Waals surface area contributed by atoms with Crippen molar-refractivity contribution in [3.8, 4) is 0 Å². The third-order valence-electron chi connectivity index (χ3n) is 4.62. The fourth-order valence-electron chi connectivity index (χ4n) is 3.28. The van der Waals surface area contributed by atoms with Gasteiger partial charge in [0.25, 0.3) is 5.91 Å². The van der Waals surface area contributed by atoms with Crippen LogP contribution in [0.5, 0.6) is 0 Å². The standard InChI is InChI=1S/C17H30N4O.ClH/c1-5-9-21-14(4)16(13(3)19-21)17(22)20-10-7-15(8-11-20)12-18-6-2;/h15,18H,5-12H2,1-4H3;1H. The highest BCUT2D eigenvalue weighted by Crippen LogP contribution is 2.21. The number of aryl methyl sites for hydroxylation is 2. The number of carbonyl (C=O) groups is 1. The number of hydrogen-bond acceptors (Lipinski definition) is 3. The van der Waals surface area contributed by atoms with Crippen LogP contribution in [0.3, 0.4) is 0 Å². The van der Waals surface area contributed by atoms with Crippen LogP contribution in [0.25, 0.3) is 0 Å². The first kappa shape index (κ1) is 20.0. The van der Waals surface area contributed by atoms with Crippen molar-refractivity contribution in [2.75, 3.05) is 26.2 Å². The molecule has 1 aliphatic rings. The van der Waals surface area contributed by atoms with E-state index in [1.54, 1.807) is 0 Å². The molecule has 0 aliphatic carbocycles. The molecule has 132 valence electrons. The predicted molar refractivity (Wildman–Crippen MR) is 96.4 cm³/mol. The van der Waals surface area contributed by atoms with Crippen LogP contribution >= 0.6 is 12.4 Å². The Kier molecular flexibility index (Phi) is 8.06. The van der Waals surface area contributed by atoms with Crippen molar-refractivity contribution in [1.82, 2.24) is 20.0 Å². The SMILES string of the molecule is CCCn1nc(C)c(C(=O)N2CCC(CNCC)CC2)c1C.Cl. The molecule has 1 amide bonds. The van der Waals surface area contributed by atoms with Gasteiger partial charge in [-0.3, -0.25) is 9.48 Å². The summed E-state index contributed by atoms with van der Waals surface area (Å²) in [5, 5.41) is 7.94. The van der Waals surface area contributed by atoms with Crippen molar-refractivity contribution in [2.45, 2.75) is 53.5 Å². The number of carbonyl (C=O) groups excluding carboxylic acids is 1. The van der Waals surface area contributed by atoms with E-state index in [0.717, 1.165) is 68.9 Å². The molecule has 0 radical (unpaired) electrons. The normalized spacial score (nSPS) is 15.6. The molecule has 2 heterocycles. The molecule has 1 aromatic rings. The van der Waals surface area contributed by atoms with E-state index < -0.39 is 0 Å². The minimum Gasteiger partial charge on any atom is -0.339 e. The molecule has 1 aliphatic heterocycles. The molecule has 0 unspecified atom stereocenters. The summed E-state index contributed by atoms with van der Waals surface area (Å²) in [6.45, 7) is 12.9. The maximum absolute atomic E-state index is 12.8. The van der Waals surface area contributed by atoms with Gasteiger partial charge in [0, 0.05) is 25.3 Å². The van der Waals surface area contributed by atoms with Crippen molar-refractivity contribution < 1.29 is 4.79 Å². The Morgan fingerprint density at radius 1 is 1.26 bits per heavy atom. The monoisotopic (exact) mass is 342 g/mol. The van der Waals surface area contributed by atoms with E-state index in [0.29, 0.717) is 5.92 Å². The fourth-order valence-corrected chi connectivity index (χ4v) is 3.28. The van der Waals surface area contributed by atoms with Gasteiger partial charge in [0.2, 0.25) is 0 Å². The second kappa shape index (κ2) is 9.28. The Bertz CT molecular complexity index is 507. The molecule has 1 saturated heterocycles. The molecule has 0 spiro atoms. The number of amides is 1. The van der Waals surface area contributed by atoms with E-state index in [1.807, 2.05) is 23.4 Å². The van der Waals surface area contributed by atoms with E-state index in [-0.39, 0.29) is 18.3 Å². The van der Waals surface area contributed by atoms with Crippen LogP contribution in [-0.4, -0.2) is 46.8 Å². The summed E-state index contributed by atoms with van der Waals surface area (Å²) in [6, 6.07) is 0. The topological polar surface area (TPSA) is 50.2 Å². The van der Waals surface area contributed by atoms with Crippen LogP contribution < -0.4 is 5.32 Å². The lowest BCUT2D eigenvalue weighted by molar-refractivity contribution is 0.0688. The molecule has 0 saturated carbocycles. The fraction of sp³-hybridized carbons (Fsp3) is 0.765. The minimum atomic E-state index is 0. The van der Waals surface area contributed by atoms with Gasteiger partial charge in [0.05, 0.1) is 11.3 Å². The molecule has 0 bridgehead atoms. The first-order chi connectivity index (χ1) is 10.6. The van der Waals surface area contributed by atoms with E-state index in [1.165, 1.54) is 0 Å². The summed E-state index contributed by atoms with van der Waals surface area (Å²) >= 11 is 0. The van der Waals surface area contributed by atoms with Crippen LogP contribution in [-0.2, 0) is 6.54 Å². The van der Waals surface area contributed by atoms with E-state index >= 15 is 0 Å². The molecular weight excluding hydrogens is 312 g/mol. The van der Waals surface area contributed by atoms with Crippen molar-refractivity contribution in [3.05, 3.63) is 17.0 Å². The van der Waals surface area contributed by atoms with Crippen molar-refractivity contribution >= 4 is 18.3 Å². The summed E-state index contributed by atoms with van der Waals surface area (Å²) < 4.78 is 1.97. The van der Waals surface area contributed by atoms with Crippen LogP contribution in [0.4, 0.5) is 0 Å². The quantitative estimate of drug-likeness (QED) is 0.864. The highest BCUT2D eigenvalue weighted by molar-refractivity contribution is 5.96.